The third-order valence-corrected chi connectivity index (χ3v) is 5.02. The Kier molecular flexibility index (Phi) is 4.17. The molecule has 6 heteroatoms. The fourth-order valence-electron chi connectivity index (χ4n) is 2.54. The molecule has 0 aliphatic heterocycles. The lowest BCUT2D eigenvalue weighted by Gasteiger charge is -2.01. The Labute approximate surface area is 152 Å². The Bertz CT molecular complexity index is 1130. The van der Waals surface area contributed by atoms with Crippen molar-refractivity contribution in [3.8, 4) is 11.1 Å². The summed E-state index contributed by atoms with van der Waals surface area (Å²) in [6.45, 7) is 0. The van der Waals surface area contributed by atoms with Crippen LogP contribution in [-0.4, -0.2) is 15.9 Å². The zero-order valence-corrected chi connectivity index (χ0v) is 14.5. The third-order valence-electron chi connectivity index (χ3n) is 3.79. The highest BCUT2D eigenvalue weighted by Gasteiger charge is 2.12. The SMILES string of the molecule is O=c1c2c(-c3ccccc3)csc2ncn1/N=C/c1ccccc1Cl. The van der Waals surface area contributed by atoms with E-state index in [9.17, 15) is 4.79 Å². The van der Waals surface area contributed by atoms with Gasteiger partial charge in [0.25, 0.3) is 5.56 Å². The van der Waals surface area contributed by atoms with Crippen LogP contribution in [0.15, 0.2) is 76.2 Å². The standard InChI is InChI=1S/C19H12ClN3OS/c20-16-9-5-4-8-14(16)10-22-23-12-21-18-17(19(23)24)15(11-25-18)13-6-2-1-3-7-13/h1-12H/b22-10+. The highest BCUT2D eigenvalue weighted by molar-refractivity contribution is 7.17. The molecule has 2 aromatic heterocycles. The maximum atomic E-state index is 12.9. The predicted molar refractivity (Wildman–Crippen MR) is 104 cm³/mol. The third kappa shape index (κ3) is 2.99. The van der Waals surface area contributed by atoms with Crippen LogP contribution >= 0.6 is 22.9 Å². The Hall–Kier alpha value is -2.76. The van der Waals surface area contributed by atoms with Crippen molar-refractivity contribution in [2.45, 2.75) is 0 Å². The van der Waals surface area contributed by atoms with E-state index in [-0.39, 0.29) is 5.56 Å². The van der Waals surface area contributed by atoms with Crippen molar-refractivity contribution in [2.75, 3.05) is 0 Å². The predicted octanol–water partition coefficient (Wildman–Crippen LogP) is 4.66. The summed E-state index contributed by atoms with van der Waals surface area (Å²) in [5.41, 5.74) is 2.40. The van der Waals surface area contributed by atoms with Gasteiger partial charge in [0.15, 0.2) is 0 Å². The van der Waals surface area contributed by atoms with Gasteiger partial charge in [0.2, 0.25) is 0 Å². The van der Waals surface area contributed by atoms with E-state index >= 15 is 0 Å². The van der Waals surface area contributed by atoms with Crippen LogP contribution in [0.5, 0.6) is 0 Å². The van der Waals surface area contributed by atoms with E-state index in [1.54, 1.807) is 12.3 Å². The van der Waals surface area contributed by atoms with Crippen LogP contribution in [-0.2, 0) is 0 Å². The Morgan fingerprint density at radius 3 is 2.64 bits per heavy atom. The first kappa shape index (κ1) is 15.7. The fraction of sp³-hybridized carbons (Fsp3) is 0. The number of fused-ring (bicyclic) bond motifs is 1. The Morgan fingerprint density at radius 1 is 1.08 bits per heavy atom. The van der Waals surface area contributed by atoms with E-state index in [1.165, 1.54) is 22.3 Å². The number of thiophene rings is 1. The van der Waals surface area contributed by atoms with Gasteiger partial charge in [-0.2, -0.15) is 9.78 Å². The van der Waals surface area contributed by atoms with Crippen molar-refractivity contribution < 1.29 is 0 Å². The number of rotatable bonds is 3. The average molecular weight is 366 g/mol. The van der Waals surface area contributed by atoms with Crippen LogP contribution < -0.4 is 5.56 Å². The molecule has 4 rings (SSSR count). The summed E-state index contributed by atoms with van der Waals surface area (Å²) >= 11 is 7.57. The molecule has 0 radical (unpaired) electrons. The van der Waals surface area contributed by atoms with Crippen LogP contribution in [0.3, 0.4) is 0 Å². The largest absolute Gasteiger partial charge is 0.283 e. The van der Waals surface area contributed by atoms with Gasteiger partial charge in [-0.1, -0.05) is 60.1 Å². The Balaban J connectivity index is 1.83. The van der Waals surface area contributed by atoms with Gasteiger partial charge in [-0.25, -0.2) is 4.98 Å². The molecule has 2 heterocycles. The van der Waals surface area contributed by atoms with Crippen molar-refractivity contribution in [1.82, 2.24) is 9.66 Å². The number of hydrogen-bond acceptors (Lipinski definition) is 4. The molecule has 0 atom stereocenters. The topological polar surface area (TPSA) is 47.2 Å². The maximum absolute atomic E-state index is 12.9. The molecule has 0 bridgehead atoms. The molecule has 25 heavy (non-hydrogen) atoms. The van der Waals surface area contributed by atoms with Gasteiger partial charge in [-0.3, -0.25) is 4.79 Å². The molecule has 0 amide bonds. The number of halogens is 1. The molecule has 0 aliphatic rings. The number of aromatic nitrogens is 2. The lowest BCUT2D eigenvalue weighted by molar-refractivity contribution is 0.819. The van der Waals surface area contributed by atoms with E-state index in [4.69, 9.17) is 11.6 Å². The summed E-state index contributed by atoms with van der Waals surface area (Å²) in [7, 11) is 0. The lowest BCUT2D eigenvalue weighted by Crippen LogP contribution is -2.16. The van der Waals surface area contributed by atoms with Gasteiger partial charge < -0.3 is 0 Å². The summed E-state index contributed by atoms with van der Waals surface area (Å²) in [6, 6.07) is 17.1. The van der Waals surface area contributed by atoms with Gasteiger partial charge in [-0.15, -0.1) is 11.3 Å². The number of benzene rings is 2. The quantitative estimate of drug-likeness (QED) is 0.496. The summed E-state index contributed by atoms with van der Waals surface area (Å²) in [6.07, 6.45) is 3.00. The second-order valence-electron chi connectivity index (χ2n) is 5.36. The zero-order chi connectivity index (χ0) is 17.2. The normalized spacial score (nSPS) is 11.4. The van der Waals surface area contributed by atoms with Crippen LogP contribution in [0.1, 0.15) is 5.56 Å². The van der Waals surface area contributed by atoms with Crippen LogP contribution in [0, 0.1) is 0 Å². The molecular formula is C19H12ClN3OS. The Morgan fingerprint density at radius 2 is 1.84 bits per heavy atom. The van der Waals surface area contributed by atoms with Crippen molar-refractivity contribution in [1.29, 1.82) is 0 Å². The van der Waals surface area contributed by atoms with Crippen LogP contribution in [0.4, 0.5) is 0 Å². The van der Waals surface area contributed by atoms with Crippen molar-refractivity contribution in [3.63, 3.8) is 0 Å². The lowest BCUT2D eigenvalue weighted by atomic mass is 10.1. The highest BCUT2D eigenvalue weighted by Crippen LogP contribution is 2.30. The molecule has 2 aromatic carbocycles. The van der Waals surface area contributed by atoms with Crippen LogP contribution in [0.25, 0.3) is 21.3 Å². The van der Waals surface area contributed by atoms with Gasteiger partial charge in [0.1, 0.15) is 11.2 Å². The number of nitrogens with zero attached hydrogens (tertiary/aromatic N) is 3. The molecule has 4 aromatic rings. The maximum Gasteiger partial charge on any atom is 0.283 e. The van der Waals surface area contributed by atoms with Crippen molar-refractivity contribution in [3.05, 3.63) is 87.2 Å². The minimum absolute atomic E-state index is 0.201. The van der Waals surface area contributed by atoms with Crippen LogP contribution in [0.2, 0.25) is 5.02 Å². The summed E-state index contributed by atoms with van der Waals surface area (Å²) in [4.78, 5) is 17.9. The van der Waals surface area contributed by atoms with Gasteiger partial charge >= 0.3 is 0 Å². The zero-order valence-electron chi connectivity index (χ0n) is 13.0. The second-order valence-corrected chi connectivity index (χ2v) is 6.62. The molecule has 0 spiro atoms. The van der Waals surface area contributed by atoms with E-state index in [0.717, 1.165) is 16.7 Å². The smallest absolute Gasteiger partial charge is 0.267 e. The van der Waals surface area contributed by atoms with E-state index < -0.39 is 0 Å². The molecular weight excluding hydrogens is 354 g/mol. The molecule has 0 saturated carbocycles. The monoisotopic (exact) mass is 365 g/mol. The van der Waals surface area contributed by atoms with Crippen molar-refractivity contribution in [2.24, 2.45) is 5.10 Å². The molecule has 0 saturated heterocycles. The minimum Gasteiger partial charge on any atom is -0.267 e. The second kappa shape index (κ2) is 6.63. The molecule has 4 nitrogen and oxygen atoms in total. The highest BCUT2D eigenvalue weighted by atomic mass is 35.5. The summed E-state index contributed by atoms with van der Waals surface area (Å²) in [5, 5.41) is 7.35. The number of hydrogen-bond donors (Lipinski definition) is 0. The van der Waals surface area contributed by atoms with E-state index in [1.807, 2.05) is 53.9 Å². The molecule has 122 valence electrons. The average Bonchev–Trinajstić information content (AvgIpc) is 3.08. The van der Waals surface area contributed by atoms with E-state index in [2.05, 4.69) is 10.1 Å². The molecule has 0 unspecified atom stereocenters. The van der Waals surface area contributed by atoms with Gasteiger partial charge in [0.05, 0.1) is 11.6 Å². The fourth-order valence-corrected chi connectivity index (χ4v) is 3.63. The van der Waals surface area contributed by atoms with Gasteiger partial charge in [-0.05, 0) is 11.6 Å². The molecule has 0 aliphatic carbocycles. The molecule has 0 fully saturated rings. The summed E-state index contributed by atoms with van der Waals surface area (Å²) < 4.78 is 1.24. The first-order valence-electron chi connectivity index (χ1n) is 7.57. The first-order valence-corrected chi connectivity index (χ1v) is 8.83. The summed E-state index contributed by atoms with van der Waals surface area (Å²) in [5.74, 6) is 0. The minimum atomic E-state index is -0.201. The molecule has 0 N–H and O–H groups in total. The van der Waals surface area contributed by atoms with E-state index in [0.29, 0.717) is 15.2 Å². The van der Waals surface area contributed by atoms with Gasteiger partial charge in [0, 0.05) is 21.5 Å². The first-order chi connectivity index (χ1) is 12.2. The van der Waals surface area contributed by atoms with Crippen molar-refractivity contribution >= 4 is 39.4 Å².